The maximum Gasteiger partial charge on any atom is 0.252 e. The van der Waals surface area contributed by atoms with E-state index in [-0.39, 0.29) is 11.5 Å². The number of amides is 1. The van der Waals surface area contributed by atoms with Crippen molar-refractivity contribution in [3.05, 3.63) is 48.3 Å². The van der Waals surface area contributed by atoms with Crippen molar-refractivity contribution in [2.75, 3.05) is 12.4 Å². The lowest BCUT2D eigenvalue weighted by molar-refractivity contribution is 0.0748. The molecule has 0 bridgehead atoms. The van der Waals surface area contributed by atoms with Crippen LogP contribution in [0.5, 0.6) is 5.75 Å². The number of fused-ring (bicyclic) bond motifs is 1. The maximum absolute atomic E-state index is 12.1. The first-order valence-electron chi connectivity index (χ1n) is 9.71. The van der Waals surface area contributed by atoms with Crippen LogP contribution in [0.15, 0.2) is 42.7 Å². The summed E-state index contributed by atoms with van der Waals surface area (Å²) in [5.74, 6) is 0.252. The largest absolute Gasteiger partial charge is 0.497 e. The molecule has 0 saturated heterocycles. The molecule has 7 heteroatoms. The van der Waals surface area contributed by atoms with E-state index in [0.29, 0.717) is 11.3 Å². The average molecular weight is 394 g/mol. The molecule has 0 aliphatic heterocycles. The number of carbonyl (C=O) groups excluding carboxylic acids is 1. The van der Waals surface area contributed by atoms with Gasteiger partial charge in [0.1, 0.15) is 5.75 Å². The molecule has 0 radical (unpaired) electrons. The van der Waals surface area contributed by atoms with Gasteiger partial charge < -0.3 is 20.9 Å². The van der Waals surface area contributed by atoms with Gasteiger partial charge in [0.2, 0.25) is 0 Å². The lowest BCUT2D eigenvalue weighted by Crippen LogP contribution is -2.38. The first-order valence-corrected chi connectivity index (χ1v) is 9.71. The number of carbonyl (C=O) groups is 1. The third-order valence-electron chi connectivity index (χ3n) is 6.13. The highest BCUT2D eigenvalue weighted by Gasteiger charge is 2.42. The first-order chi connectivity index (χ1) is 13.8. The van der Waals surface area contributed by atoms with Gasteiger partial charge in [0.05, 0.1) is 36.2 Å². The molecule has 1 aliphatic carbocycles. The van der Waals surface area contributed by atoms with E-state index in [1.54, 1.807) is 11.6 Å². The number of nitrogens with one attached hydrogen (secondary N) is 1. The summed E-state index contributed by atoms with van der Waals surface area (Å²) in [5, 5.41) is 18.2. The van der Waals surface area contributed by atoms with Crippen molar-refractivity contribution in [3.8, 4) is 16.9 Å². The quantitative estimate of drug-likeness (QED) is 0.617. The number of nitrogens with two attached hydrogens (primary N) is 1. The molecule has 3 aromatic rings. The second kappa shape index (κ2) is 7.08. The van der Waals surface area contributed by atoms with Crippen molar-refractivity contribution in [2.45, 2.75) is 38.8 Å². The second-order valence-corrected chi connectivity index (χ2v) is 8.20. The molecule has 29 heavy (non-hydrogen) atoms. The minimum atomic E-state index is -0.536. The lowest BCUT2D eigenvalue weighted by atomic mass is 9.85. The first kappa shape index (κ1) is 19.3. The predicted molar refractivity (Wildman–Crippen MR) is 112 cm³/mol. The molecule has 0 spiro atoms. The van der Waals surface area contributed by atoms with Crippen LogP contribution in [-0.4, -0.2) is 39.9 Å². The van der Waals surface area contributed by atoms with Crippen LogP contribution >= 0.6 is 0 Å². The Bertz CT molecular complexity index is 1060. The number of hydrogen-bond acceptors (Lipinski definition) is 5. The molecule has 4 rings (SSSR count). The summed E-state index contributed by atoms with van der Waals surface area (Å²) in [5.41, 5.74) is 9.06. The SMILES string of the molecule is COc1ccc(-c2cc3c(N[C@@H]4CC[C@H](O)C4(C)C)c(C(N)=O)cnn3c2)cc1. The number of primary amides is 1. The Labute approximate surface area is 169 Å². The van der Waals surface area contributed by atoms with E-state index < -0.39 is 12.0 Å². The normalized spacial score (nSPS) is 20.7. The highest BCUT2D eigenvalue weighted by molar-refractivity contribution is 6.02. The van der Waals surface area contributed by atoms with Gasteiger partial charge in [-0.3, -0.25) is 4.79 Å². The van der Waals surface area contributed by atoms with E-state index in [9.17, 15) is 9.90 Å². The van der Waals surface area contributed by atoms with Crippen molar-refractivity contribution in [2.24, 2.45) is 11.1 Å². The monoisotopic (exact) mass is 394 g/mol. The Hall–Kier alpha value is -3.06. The minimum absolute atomic E-state index is 0.0149. The lowest BCUT2D eigenvalue weighted by Gasteiger charge is -2.32. The molecule has 2 atom stereocenters. The summed E-state index contributed by atoms with van der Waals surface area (Å²) < 4.78 is 6.97. The number of aliphatic hydroxyl groups excluding tert-OH is 1. The number of anilines is 1. The summed E-state index contributed by atoms with van der Waals surface area (Å²) in [4.78, 5) is 12.1. The number of rotatable bonds is 5. The number of hydrogen-bond donors (Lipinski definition) is 3. The van der Waals surface area contributed by atoms with Crippen LogP contribution in [0.3, 0.4) is 0 Å². The number of benzene rings is 1. The Morgan fingerprint density at radius 2 is 2.00 bits per heavy atom. The molecule has 152 valence electrons. The van der Waals surface area contributed by atoms with Crippen LogP contribution < -0.4 is 15.8 Å². The molecule has 1 fully saturated rings. The summed E-state index contributed by atoms with van der Waals surface area (Å²) in [6, 6.07) is 9.77. The van der Waals surface area contributed by atoms with Gasteiger partial charge in [0.15, 0.2) is 0 Å². The second-order valence-electron chi connectivity index (χ2n) is 8.20. The standard InChI is InChI=1S/C22H26N4O3/c1-22(2)18(8-9-19(22)27)25-20-16(21(23)28)11-24-26-12-14(10-17(20)26)13-4-6-15(29-3)7-5-13/h4-7,10-12,18-19,25,27H,8-9H2,1-3H3,(H2,23,28)/t18-,19+/m1/s1. The van der Waals surface area contributed by atoms with Crippen molar-refractivity contribution >= 4 is 17.1 Å². The van der Waals surface area contributed by atoms with Gasteiger partial charge in [-0.25, -0.2) is 4.52 Å². The zero-order valence-corrected chi connectivity index (χ0v) is 16.8. The molecule has 1 aromatic carbocycles. The van der Waals surface area contributed by atoms with Gasteiger partial charge in [-0.05, 0) is 36.6 Å². The smallest absolute Gasteiger partial charge is 0.252 e. The van der Waals surface area contributed by atoms with Gasteiger partial charge in [0, 0.05) is 23.2 Å². The van der Waals surface area contributed by atoms with E-state index in [0.717, 1.165) is 35.2 Å². The highest BCUT2D eigenvalue weighted by atomic mass is 16.5. The van der Waals surface area contributed by atoms with Crippen molar-refractivity contribution in [1.82, 2.24) is 9.61 Å². The molecular formula is C22H26N4O3. The Kier molecular flexibility index (Phi) is 4.70. The fourth-order valence-electron chi connectivity index (χ4n) is 4.07. The molecule has 1 aliphatic rings. The number of nitrogens with zero attached hydrogens (tertiary/aromatic N) is 2. The predicted octanol–water partition coefficient (Wildman–Crippen LogP) is 3.07. The van der Waals surface area contributed by atoms with Crippen molar-refractivity contribution < 1.29 is 14.6 Å². The molecule has 1 amide bonds. The van der Waals surface area contributed by atoms with Gasteiger partial charge in [0.25, 0.3) is 5.91 Å². The fourth-order valence-corrected chi connectivity index (χ4v) is 4.07. The molecular weight excluding hydrogens is 368 g/mol. The highest BCUT2D eigenvalue weighted by Crippen LogP contribution is 2.41. The Morgan fingerprint density at radius 3 is 2.59 bits per heavy atom. The summed E-state index contributed by atoms with van der Waals surface area (Å²) >= 11 is 0. The third-order valence-corrected chi connectivity index (χ3v) is 6.13. The van der Waals surface area contributed by atoms with Crippen LogP contribution in [0.1, 0.15) is 37.0 Å². The molecule has 0 unspecified atom stereocenters. The van der Waals surface area contributed by atoms with E-state index >= 15 is 0 Å². The van der Waals surface area contributed by atoms with E-state index in [4.69, 9.17) is 10.5 Å². The van der Waals surface area contributed by atoms with Crippen LogP contribution in [0.25, 0.3) is 16.6 Å². The van der Waals surface area contributed by atoms with Gasteiger partial charge >= 0.3 is 0 Å². The zero-order valence-electron chi connectivity index (χ0n) is 16.8. The summed E-state index contributed by atoms with van der Waals surface area (Å²) in [7, 11) is 1.64. The summed E-state index contributed by atoms with van der Waals surface area (Å²) in [6.07, 6.45) is 4.55. The minimum Gasteiger partial charge on any atom is -0.497 e. The Morgan fingerprint density at radius 1 is 1.28 bits per heavy atom. The van der Waals surface area contributed by atoms with Crippen LogP contribution in [0, 0.1) is 5.41 Å². The van der Waals surface area contributed by atoms with Crippen LogP contribution in [0.2, 0.25) is 0 Å². The van der Waals surface area contributed by atoms with Gasteiger partial charge in [-0.15, -0.1) is 0 Å². The number of methoxy groups -OCH3 is 1. The molecule has 4 N–H and O–H groups in total. The molecule has 2 aromatic heterocycles. The zero-order chi connectivity index (χ0) is 20.8. The van der Waals surface area contributed by atoms with Gasteiger partial charge in [-0.2, -0.15) is 5.10 Å². The number of aromatic nitrogens is 2. The van der Waals surface area contributed by atoms with Gasteiger partial charge in [-0.1, -0.05) is 26.0 Å². The average Bonchev–Trinajstić information content (AvgIpc) is 3.24. The van der Waals surface area contributed by atoms with Crippen LogP contribution in [-0.2, 0) is 0 Å². The number of ether oxygens (including phenoxy) is 1. The topological polar surface area (TPSA) is 102 Å². The number of aliphatic hydroxyl groups is 1. The van der Waals surface area contributed by atoms with E-state index in [1.165, 1.54) is 6.20 Å². The molecule has 1 saturated carbocycles. The van der Waals surface area contributed by atoms with Crippen molar-refractivity contribution in [3.63, 3.8) is 0 Å². The Balaban J connectivity index is 1.79. The van der Waals surface area contributed by atoms with Crippen molar-refractivity contribution in [1.29, 1.82) is 0 Å². The van der Waals surface area contributed by atoms with Crippen LogP contribution in [0.4, 0.5) is 5.69 Å². The maximum atomic E-state index is 12.1. The fraction of sp³-hybridized carbons (Fsp3) is 0.364. The molecule has 7 nitrogen and oxygen atoms in total. The van der Waals surface area contributed by atoms with E-state index in [1.807, 2.05) is 50.4 Å². The summed E-state index contributed by atoms with van der Waals surface area (Å²) in [6.45, 7) is 4.07. The third kappa shape index (κ3) is 3.31. The van der Waals surface area contributed by atoms with E-state index in [2.05, 4.69) is 10.4 Å². The molecule has 2 heterocycles.